The van der Waals surface area contributed by atoms with Gasteiger partial charge in [0.15, 0.2) is 5.82 Å². The summed E-state index contributed by atoms with van der Waals surface area (Å²) < 4.78 is 48.2. The van der Waals surface area contributed by atoms with Gasteiger partial charge in [-0.05, 0) is 37.1 Å². The molecule has 2 amide bonds. The summed E-state index contributed by atoms with van der Waals surface area (Å²) in [4.78, 5) is 33.5. The van der Waals surface area contributed by atoms with Gasteiger partial charge in [-0.15, -0.1) is 13.2 Å². The maximum atomic E-state index is 13.1. The van der Waals surface area contributed by atoms with Gasteiger partial charge in [0, 0.05) is 12.7 Å². The first-order chi connectivity index (χ1) is 18.8. The Morgan fingerprint density at radius 2 is 1.77 bits per heavy atom. The van der Waals surface area contributed by atoms with Crippen LogP contribution in [0.4, 0.5) is 19.0 Å². The lowest BCUT2D eigenvalue weighted by atomic mass is 10.0. The lowest BCUT2D eigenvalue weighted by Gasteiger charge is -2.25. The topological polar surface area (TPSA) is 130 Å². The van der Waals surface area contributed by atoms with Crippen LogP contribution in [0.15, 0.2) is 72.1 Å². The number of carbonyl (C=O) groups excluding carboxylic acids is 2. The van der Waals surface area contributed by atoms with Crippen LogP contribution in [0.1, 0.15) is 25.0 Å². The summed E-state index contributed by atoms with van der Waals surface area (Å²) >= 11 is 0. The second kappa shape index (κ2) is 13.2. The van der Waals surface area contributed by atoms with Crippen molar-refractivity contribution >= 4 is 31.3 Å². The van der Waals surface area contributed by atoms with Gasteiger partial charge in [-0.2, -0.15) is 0 Å². The number of aliphatic imine (C=N–C) groups is 1. The van der Waals surface area contributed by atoms with Gasteiger partial charge in [-0.25, -0.2) is 4.98 Å². The van der Waals surface area contributed by atoms with Crippen LogP contribution in [-0.2, 0) is 27.5 Å². The molecule has 0 saturated carbocycles. The summed E-state index contributed by atoms with van der Waals surface area (Å²) in [6.45, 7) is 2.97. The minimum Gasteiger partial charge on any atom is -0.870 e. The fraction of sp³-hybridized carbons (Fsp3) is 0.308. The SMILES string of the molecule is [B]C([O-])=NC(C)(C)C(=O)N[C@H](COCc1ccccc1)C(=O)Nc1cn(Cc2ccc(OC(F)(F)F)cc2)cn1. The molecule has 2 aromatic carbocycles. The molecule has 210 valence electrons. The van der Waals surface area contributed by atoms with Crippen LogP contribution in [0.5, 0.6) is 5.75 Å². The van der Waals surface area contributed by atoms with Crippen LogP contribution in [0.3, 0.4) is 0 Å². The van der Waals surface area contributed by atoms with Crippen molar-refractivity contribution in [2.24, 2.45) is 4.99 Å². The van der Waals surface area contributed by atoms with Crippen molar-refractivity contribution in [3.8, 4) is 5.75 Å². The number of carbonyl (C=O) groups is 2. The number of anilines is 1. The molecule has 0 aliphatic heterocycles. The first-order valence-corrected chi connectivity index (χ1v) is 11.9. The van der Waals surface area contributed by atoms with Crippen LogP contribution in [-0.4, -0.2) is 59.6 Å². The van der Waals surface area contributed by atoms with Crippen LogP contribution in [0, 0.1) is 0 Å². The molecule has 0 saturated heterocycles. The van der Waals surface area contributed by atoms with Crippen LogP contribution < -0.4 is 20.5 Å². The third kappa shape index (κ3) is 9.77. The molecule has 2 radical (unpaired) electrons. The Kier molecular flexibility index (Phi) is 9.94. The summed E-state index contributed by atoms with van der Waals surface area (Å²) in [5.41, 5.74) is -0.0232. The van der Waals surface area contributed by atoms with Crippen molar-refractivity contribution in [1.29, 1.82) is 0 Å². The molecular formula is C26H26BF3N5O5-. The van der Waals surface area contributed by atoms with Gasteiger partial charge in [0.25, 0.3) is 5.91 Å². The number of hydrogen-bond donors (Lipinski definition) is 2. The summed E-state index contributed by atoms with van der Waals surface area (Å²) in [6.07, 6.45) is -1.85. The number of rotatable bonds is 12. The lowest BCUT2D eigenvalue weighted by molar-refractivity contribution is -0.274. The van der Waals surface area contributed by atoms with Gasteiger partial charge in [0.1, 0.15) is 25.2 Å². The van der Waals surface area contributed by atoms with Gasteiger partial charge in [0.05, 0.1) is 19.5 Å². The van der Waals surface area contributed by atoms with Crippen molar-refractivity contribution in [3.05, 3.63) is 78.2 Å². The maximum Gasteiger partial charge on any atom is 0.573 e. The zero-order valence-corrected chi connectivity index (χ0v) is 21.6. The lowest BCUT2D eigenvalue weighted by Crippen LogP contribution is -2.52. The Balaban J connectivity index is 1.65. The molecule has 0 fully saturated rings. The first-order valence-electron chi connectivity index (χ1n) is 11.9. The Morgan fingerprint density at radius 1 is 1.10 bits per heavy atom. The number of nitrogens with one attached hydrogen (secondary N) is 2. The Morgan fingerprint density at radius 3 is 2.40 bits per heavy atom. The maximum absolute atomic E-state index is 13.1. The van der Waals surface area contributed by atoms with E-state index in [1.165, 1.54) is 50.6 Å². The van der Waals surface area contributed by atoms with Crippen LogP contribution in [0.25, 0.3) is 0 Å². The zero-order valence-electron chi connectivity index (χ0n) is 21.6. The molecule has 3 aromatic rings. The third-order valence-electron chi connectivity index (χ3n) is 5.37. The highest BCUT2D eigenvalue weighted by Crippen LogP contribution is 2.23. The van der Waals surface area contributed by atoms with Crippen LogP contribution in [0.2, 0.25) is 0 Å². The summed E-state index contributed by atoms with van der Waals surface area (Å²) in [6, 6.07) is 13.3. The molecule has 1 aromatic heterocycles. The number of hydrogen-bond acceptors (Lipinski definition) is 7. The Hall–Kier alpha value is -4.33. The summed E-state index contributed by atoms with van der Waals surface area (Å²) in [7, 11) is 5.09. The quantitative estimate of drug-likeness (QED) is 0.200. The molecule has 0 bridgehead atoms. The molecule has 1 heterocycles. The van der Waals surface area contributed by atoms with E-state index in [0.717, 1.165) is 5.56 Å². The Bertz CT molecular complexity index is 1310. The molecule has 3 rings (SSSR count). The number of aromatic nitrogens is 2. The highest BCUT2D eigenvalue weighted by Gasteiger charge is 2.32. The number of benzene rings is 2. The molecule has 0 aliphatic carbocycles. The Labute approximate surface area is 229 Å². The fourth-order valence-electron chi connectivity index (χ4n) is 3.44. The van der Waals surface area contributed by atoms with E-state index in [0.29, 0.717) is 5.56 Å². The predicted octanol–water partition coefficient (Wildman–Crippen LogP) is 2.13. The summed E-state index contributed by atoms with van der Waals surface area (Å²) in [5, 5.41) is 16.4. The van der Waals surface area contributed by atoms with Gasteiger partial charge in [0.2, 0.25) is 5.91 Å². The normalized spacial score (nSPS) is 13.0. The van der Waals surface area contributed by atoms with Crippen LogP contribution >= 0.6 is 0 Å². The van der Waals surface area contributed by atoms with Crippen molar-refractivity contribution in [2.75, 3.05) is 11.9 Å². The van der Waals surface area contributed by atoms with Crippen molar-refractivity contribution in [3.63, 3.8) is 0 Å². The van der Waals surface area contributed by atoms with Crippen molar-refractivity contribution in [2.45, 2.75) is 44.9 Å². The van der Waals surface area contributed by atoms with E-state index >= 15 is 0 Å². The standard InChI is InChI=1S/C26H27BF3N5O5/c1-25(2,34-24(27)38)23(37)32-20(15-39-14-18-6-4-3-5-7-18)22(36)33-21-13-35(16-31-21)12-17-8-10-19(11-9-17)40-26(28,29)30/h3-11,13,16,20H,12,14-15H2,1-2H3,(H,32,37)(H,33,36)(H,34,38)/p-1/t20-/m1/s1. The number of halogens is 3. The first kappa shape index (κ1) is 30.2. The monoisotopic (exact) mass is 556 g/mol. The predicted molar refractivity (Wildman–Crippen MR) is 138 cm³/mol. The molecule has 2 N–H and O–H groups in total. The van der Waals surface area contributed by atoms with E-state index in [4.69, 9.17) is 12.6 Å². The second-order valence-corrected chi connectivity index (χ2v) is 9.15. The van der Waals surface area contributed by atoms with E-state index in [2.05, 4.69) is 25.3 Å². The average molecular weight is 556 g/mol. The zero-order chi connectivity index (χ0) is 29.3. The van der Waals surface area contributed by atoms with E-state index in [9.17, 15) is 27.9 Å². The molecule has 1 atom stereocenters. The highest BCUT2D eigenvalue weighted by molar-refractivity contribution is 6.55. The molecule has 40 heavy (non-hydrogen) atoms. The number of nitrogens with zero attached hydrogens (tertiary/aromatic N) is 3. The number of imidazole rings is 1. The molecular weight excluding hydrogens is 530 g/mol. The van der Waals surface area contributed by atoms with E-state index in [1.807, 2.05) is 30.3 Å². The van der Waals surface area contributed by atoms with E-state index < -0.39 is 35.6 Å². The van der Waals surface area contributed by atoms with Gasteiger partial charge in [-0.1, -0.05) is 48.3 Å². The van der Waals surface area contributed by atoms with E-state index in [1.54, 1.807) is 4.57 Å². The van der Waals surface area contributed by atoms with Crippen molar-refractivity contribution in [1.82, 2.24) is 14.9 Å². The van der Waals surface area contributed by atoms with Gasteiger partial charge < -0.3 is 34.8 Å². The number of amides is 2. The summed E-state index contributed by atoms with van der Waals surface area (Å²) in [5.74, 6) is -2.59. The molecule has 14 heteroatoms. The smallest absolute Gasteiger partial charge is 0.573 e. The number of ether oxygens (including phenoxy) is 2. The highest BCUT2D eigenvalue weighted by atomic mass is 19.4. The molecule has 0 unspecified atom stereocenters. The minimum atomic E-state index is -4.78. The number of alkyl halides is 3. The fourth-order valence-corrected chi connectivity index (χ4v) is 3.44. The van der Waals surface area contributed by atoms with Gasteiger partial charge in [-0.3, -0.25) is 9.59 Å². The minimum absolute atomic E-state index is 0.158. The second-order valence-electron chi connectivity index (χ2n) is 9.15. The van der Waals surface area contributed by atoms with Crippen molar-refractivity contribution < 1.29 is 37.3 Å². The molecule has 10 nitrogen and oxygen atoms in total. The van der Waals surface area contributed by atoms with Gasteiger partial charge >= 0.3 is 6.36 Å². The molecule has 0 aliphatic rings. The average Bonchev–Trinajstić information content (AvgIpc) is 3.30. The van der Waals surface area contributed by atoms with E-state index in [-0.39, 0.29) is 31.3 Å². The third-order valence-corrected chi connectivity index (χ3v) is 5.37. The largest absolute Gasteiger partial charge is 0.870 e. The molecule has 0 spiro atoms.